The standard InChI is InChI=1S/C21H28N4O5.C12H16ClN3O2/c1-5-30-20(26)14-7-6-10-25(13-14)18-8-9-22-21(24-18)23-15-11-16(27-2)19(29-4)17(12-15)28-3;1-2-18-11(17)9-4-3-7-16(8-9)10-5-6-14-12(13)15-10/h8-9,11-12,14H,5-7,10,13H2,1-4H3,(H,22,23,24);5-6,9H,2-4,7-8H2,1H3/t14-;9-/m00/s1. The molecule has 0 radical (unpaired) electrons. The van der Waals surface area contributed by atoms with Gasteiger partial charge in [-0.15, -0.1) is 0 Å². The van der Waals surface area contributed by atoms with Gasteiger partial charge in [-0.25, -0.2) is 15.0 Å². The van der Waals surface area contributed by atoms with Crippen LogP contribution in [-0.4, -0.2) is 92.6 Å². The van der Waals surface area contributed by atoms with Crippen molar-refractivity contribution in [2.75, 3.05) is 75.8 Å². The highest BCUT2D eigenvalue weighted by Crippen LogP contribution is 2.40. The van der Waals surface area contributed by atoms with E-state index in [2.05, 4.69) is 35.1 Å². The van der Waals surface area contributed by atoms with Crippen molar-refractivity contribution in [2.45, 2.75) is 39.5 Å². The van der Waals surface area contributed by atoms with Crippen molar-refractivity contribution in [1.29, 1.82) is 0 Å². The number of aromatic nitrogens is 4. The number of halogens is 1. The van der Waals surface area contributed by atoms with Crippen molar-refractivity contribution in [3.63, 3.8) is 0 Å². The highest BCUT2D eigenvalue weighted by Gasteiger charge is 2.29. The van der Waals surface area contributed by atoms with E-state index < -0.39 is 0 Å². The smallest absolute Gasteiger partial charge is 0.310 e. The minimum atomic E-state index is -0.146. The summed E-state index contributed by atoms with van der Waals surface area (Å²) in [6.45, 7) is 7.39. The van der Waals surface area contributed by atoms with Crippen LogP contribution >= 0.6 is 11.6 Å². The lowest BCUT2D eigenvalue weighted by Gasteiger charge is -2.32. The third kappa shape index (κ3) is 9.72. The maximum absolute atomic E-state index is 12.1. The number of benzene rings is 1. The highest BCUT2D eigenvalue weighted by molar-refractivity contribution is 6.28. The van der Waals surface area contributed by atoms with Crippen LogP contribution in [0.25, 0.3) is 0 Å². The van der Waals surface area contributed by atoms with Crippen LogP contribution in [0.2, 0.25) is 5.28 Å². The maximum Gasteiger partial charge on any atom is 0.310 e. The van der Waals surface area contributed by atoms with E-state index in [1.54, 1.807) is 51.9 Å². The molecule has 1 N–H and O–H groups in total. The van der Waals surface area contributed by atoms with Crippen LogP contribution in [0.15, 0.2) is 36.7 Å². The van der Waals surface area contributed by atoms with E-state index in [1.807, 2.05) is 19.9 Å². The summed E-state index contributed by atoms with van der Waals surface area (Å²) in [4.78, 5) is 45.0. The minimum absolute atomic E-state index is 0.0764. The van der Waals surface area contributed by atoms with Crippen LogP contribution in [0.4, 0.5) is 23.3 Å². The molecule has 0 amide bonds. The molecule has 1 aromatic carbocycles. The molecule has 14 nitrogen and oxygen atoms in total. The van der Waals surface area contributed by atoms with Crippen LogP contribution in [0.3, 0.4) is 0 Å². The molecule has 0 aliphatic carbocycles. The van der Waals surface area contributed by atoms with E-state index in [0.717, 1.165) is 50.4 Å². The average molecular weight is 686 g/mol. The number of piperidine rings is 2. The molecule has 260 valence electrons. The molecule has 0 saturated carbocycles. The largest absolute Gasteiger partial charge is 0.493 e. The lowest BCUT2D eigenvalue weighted by atomic mass is 9.98. The van der Waals surface area contributed by atoms with Gasteiger partial charge in [0.25, 0.3) is 0 Å². The van der Waals surface area contributed by atoms with Crippen LogP contribution in [0.5, 0.6) is 17.2 Å². The number of carbonyl (C=O) groups is 2. The van der Waals surface area contributed by atoms with Gasteiger partial charge in [-0.3, -0.25) is 9.59 Å². The van der Waals surface area contributed by atoms with Crippen LogP contribution in [-0.2, 0) is 19.1 Å². The molecule has 2 saturated heterocycles. The van der Waals surface area contributed by atoms with Crippen LogP contribution in [0.1, 0.15) is 39.5 Å². The summed E-state index contributed by atoms with van der Waals surface area (Å²) in [6.07, 6.45) is 6.87. The summed E-state index contributed by atoms with van der Waals surface area (Å²) < 4.78 is 26.4. The van der Waals surface area contributed by atoms with Crippen molar-refractivity contribution in [3.05, 3.63) is 41.9 Å². The molecule has 5 rings (SSSR count). The molecule has 2 aromatic heterocycles. The molecule has 4 heterocycles. The molecule has 0 unspecified atom stereocenters. The number of hydrogen-bond acceptors (Lipinski definition) is 14. The SMILES string of the molecule is CCOC(=O)[C@H]1CCCN(c2ccnc(Cl)n2)C1.CCOC(=O)[C@H]1CCCN(c2ccnc(Nc3cc(OC)c(OC)c(OC)c3)n2)C1. The second kappa shape index (κ2) is 18.1. The lowest BCUT2D eigenvalue weighted by molar-refractivity contribution is -0.149. The topological polar surface area (TPSA) is 150 Å². The molecule has 3 aromatic rings. The van der Waals surface area contributed by atoms with Crippen molar-refractivity contribution in [3.8, 4) is 17.2 Å². The van der Waals surface area contributed by atoms with E-state index in [0.29, 0.717) is 55.2 Å². The minimum Gasteiger partial charge on any atom is -0.493 e. The molecular formula is C33H44ClN7O7. The zero-order valence-electron chi connectivity index (χ0n) is 28.1. The summed E-state index contributed by atoms with van der Waals surface area (Å²) in [5.74, 6) is 3.05. The third-order valence-electron chi connectivity index (χ3n) is 7.90. The number of nitrogens with one attached hydrogen (secondary N) is 1. The van der Waals surface area contributed by atoms with E-state index >= 15 is 0 Å². The van der Waals surface area contributed by atoms with Gasteiger partial charge in [-0.05, 0) is 63.3 Å². The number of methoxy groups -OCH3 is 3. The molecule has 48 heavy (non-hydrogen) atoms. The highest BCUT2D eigenvalue weighted by atomic mass is 35.5. The van der Waals surface area contributed by atoms with Crippen molar-refractivity contribution >= 4 is 46.8 Å². The van der Waals surface area contributed by atoms with Crippen molar-refractivity contribution in [1.82, 2.24) is 19.9 Å². The van der Waals surface area contributed by atoms with E-state index in [1.165, 1.54) is 0 Å². The summed E-state index contributed by atoms with van der Waals surface area (Å²) in [7, 11) is 4.69. The maximum atomic E-state index is 12.1. The fraction of sp³-hybridized carbons (Fsp3) is 0.515. The van der Waals surface area contributed by atoms with Crippen molar-refractivity contribution in [2.24, 2.45) is 11.8 Å². The summed E-state index contributed by atoms with van der Waals surface area (Å²) >= 11 is 5.77. The van der Waals surface area contributed by atoms with Crippen molar-refractivity contribution < 1.29 is 33.3 Å². The van der Waals surface area contributed by atoms with Gasteiger partial charge >= 0.3 is 11.9 Å². The molecule has 2 aliphatic heterocycles. The van der Waals surface area contributed by atoms with Gasteiger partial charge in [0.15, 0.2) is 11.5 Å². The molecule has 15 heteroatoms. The Morgan fingerprint density at radius 1 is 0.812 bits per heavy atom. The Hall–Kier alpha value is -4.59. The van der Waals surface area contributed by atoms with Crippen LogP contribution in [0, 0.1) is 11.8 Å². The van der Waals surface area contributed by atoms with Gasteiger partial charge in [0.05, 0.1) is 46.4 Å². The Bertz CT molecular complexity index is 1490. The first kappa shape index (κ1) is 36.2. The van der Waals surface area contributed by atoms with E-state index in [9.17, 15) is 9.59 Å². The Morgan fingerprint density at radius 2 is 1.33 bits per heavy atom. The van der Waals surface area contributed by atoms with Gasteiger partial charge in [-0.1, -0.05) is 0 Å². The summed E-state index contributed by atoms with van der Waals surface area (Å²) in [5.41, 5.74) is 0.699. The first-order valence-electron chi connectivity index (χ1n) is 16.0. The number of anilines is 4. The lowest BCUT2D eigenvalue weighted by Crippen LogP contribution is -2.39. The second-order valence-corrected chi connectivity index (χ2v) is 11.4. The quantitative estimate of drug-likeness (QED) is 0.214. The Morgan fingerprint density at radius 3 is 1.81 bits per heavy atom. The Kier molecular flexibility index (Phi) is 13.7. The molecule has 0 spiro atoms. The zero-order valence-corrected chi connectivity index (χ0v) is 28.9. The zero-order chi connectivity index (χ0) is 34.5. The van der Waals surface area contributed by atoms with Gasteiger partial charge < -0.3 is 38.8 Å². The number of hydrogen-bond donors (Lipinski definition) is 1. The molecule has 2 fully saturated rings. The number of esters is 2. The number of nitrogens with zero attached hydrogens (tertiary/aromatic N) is 6. The summed E-state index contributed by atoms with van der Waals surface area (Å²) in [5, 5.41) is 3.41. The molecule has 0 bridgehead atoms. The first-order valence-corrected chi connectivity index (χ1v) is 16.4. The number of carbonyl (C=O) groups excluding carboxylic acids is 2. The molecule has 2 aliphatic rings. The molecule has 2 atom stereocenters. The number of ether oxygens (including phenoxy) is 5. The average Bonchev–Trinajstić information content (AvgIpc) is 3.12. The van der Waals surface area contributed by atoms with E-state index in [-0.39, 0.29) is 29.1 Å². The predicted octanol–water partition coefficient (Wildman–Crippen LogP) is 4.94. The fourth-order valence-electron chi connectivity index (χ4n) is 5.65. The first-order chi connectivity index (χ1) is 23.3. The Labute approximate surface area is 286 Å². The number of rotatable bonds is 11. The Balaban J connectivity index is 0.000000246. The van der Waals surface area contributed by atoms with Crippen LogP contribution < -0.4 is 29.3 Å². The predicted molar refractivity (Wildman–Crippen MR) is 182 cm³/mol. The monoisotopic (exact) mass is 685 g/mol. The van der Waals surface area contributed by atoms with Gasteiger partial charge in [-0.2, -0.15) is 4.98 Å². The second-order valence-electron chi connectivity index (χ2n) is 11.0. The van der Waals surface area contributed by atoms with Gasteiger partial charge in [0.2, 0.25) is 17.0 Å². The normalized spacial score (nSPS) is 17.4. The third-order valence-corrected chi connectivity index (χ3v) is 8.09. The van der Waals surface area contributed by atoms with Gasteiger partial charge in [0.1, 0.15) is 11.6 Å². The van der Waals surface area contributed by atoms with E-state index in [4.69, 9.17) is 35.3 Å². The van der Waals surface area contributed by atoms with Gasteiger partial charge in [0, 0.05) is 56.4 Å². The summed E-state index contributed by atoms with van der Waals surface area (Å²) in [6, 6.07) is 7.22. The molecular weight excluding hydrogens is 642 g/mol. The fourth-order valence-corrected chi connectivity index (χ4v) is 5.79.